The van der Waals surface area contributed by atoms with E-state index in [9.17, 15) is 4.79 Å². The molecule has 2 aromatic carbocycles. The summed E-state index contributed by atoms with van der Waals surface area (Å²) in [7, 11) is 4.63. The van der Waals surface area contributed by atoms with Crippen LogP contribution in [0.25, 0.3) is 10.9 Å². The Morgan fingerprint density at radius 2 is 1.78 bits per heavy atom. The van der Waals surface area contributed by atoms with Crippen LogP contribution in [0.4, 0.5) is 0 Å². The SMILES string of the molecule is COCOc1cc(Cc2nc3cc(OC)c(OC)cc3c(=O)[nH]2)ccc1Br. The van der Waals surface area contributed by atoms with Crippen LogP contribution in [0.1, 0.15) is 11.4 Å². The monoisotopic (exact) mass is 434 g/mol. The van der Waals surface area contributed by atoms with Gasteiger partial charge < -0.3 is 23.9 Å². The van der Waals surface area contributed by atoms with Gasteiger partial charge in [0, 0.05) is 19.6 Å². The molecule has 0 fully saturated rings. The molecule has 0 aliphatic carbocycles. The summed E-state index contributed by atoms with van der Waals surface area (Å²) in [4.78, 5) is 19.9. The van der Waals surface area contributed by atoms with Gasteiger partial charge in [0.1, 0.15) is 11.6 Å². The standard InChI is InChI=1S/C19H19BrN2O5/c1-24-10-27-15-6-11(4-5-13(15)20)7-18-21-14-9-17(26-3)16(25-2)8-12(14)19(23)22-18/h4-6,8-9H,7,10H2,1-3H3,(H,21,22,23). The highest BCUT2D eigenvalue weighted by molar-refractivity contribution is 9.10. The third-order valence-corrected chi connectivity index (χ3v) is 4.61. The summed E-state index contributed by atoms with van der Waals surface area (Å²) in [6.07, 6.45) is 0.441. The van der Waals surface area contributed by atoms with Crippen molar-refractivity contribution in [3.05, 3.63) is 56.5 Å². The van der Waals surface area contributed by atoms with E-state index in [-0.39, 0.29) is 12.4 Å². The number of aromatic amines is 1. The van der Waals surface area contributed by atoms with Crippen molar-refractivity contribution in [2.24, 2.45) is 0 Å². The number of hydrogen-bond donors (Lipinski definition) is 1. The fourth-order valence-electron chi connectivity index (χ4n) is 2.68. The fourth-order valence-corrected chi connectivity index (χ4v) is 3.04. The van der Waals surface area contributed by atoms with E-state index < -0.39 is 0 Å². The van der Waals surface area contributed by atoms with Crippen LogP contribution in [0, 0.1) is 0 Å². The number of methoxy groups -OCH3 is 3. The number of ether oxygens (including phenoxy) is 4. The molecular formula is C19H19BrN2O5. The van der Waals surface area contributed by atoms with Gasteiger partial charge in [-0.25, -0.2) is 4.98 Å². The Balaban J connectivity index is 1.97. The van der Waals surface area contributed by atoms with E-state index >= 15 is 0 Å². The molecule has 0 amide bonds. The summed E-state index contributed by atoms with van der Waals surface area (Å²) in [5.41, 5.74) is 1.25. The molecule has 1 N–H and O–H groups in total. The maximum atomic E-state index is 12.5. The van der Waals surface area contributed by atoms with Crippen LogP contribution in [0.15, 0.2) is 39.6 Å². The largest absolute Gasteiger partial charge is 0.493 e. The molecule has 27 heavy (non-hydrogen) atoms. The van der Waals surface area contributed by atoms with Crippen molar-refractivity contribution in [3.63, 3.8) is 0 Å². The van der Waals surface area contributed by atoms with Crippen molar-refractivity contribution in [2.45, 2.75) is 6.42 Å². The van der Waals surface area contributed by atoms with Gasteiger partial charge in [0.25, 0.3) is 5.56 Å². The average molecular weight is 435 g/mol. The number of hydrogen-bond acceptors (Lipinski definition) is 6. The minimum atomic E-state index is -0.232. The summed E-state index contributed by atoms with van der Waals surface area (Å²) >= 11 is 3.44. The third kappa shape index (κ3) is 4.23. The van der Waals surface area contributed by atoms with Gasteiger partial charge in [0.05, 0.1) is 29.6 Å². The highest BCUT2D eigenvalue weighted by Gasteiger charge is 2.12. The predicted octanol–water partition coefficient (Wildman–Crippen LogP) is 3.28. The summed E-state index contributed by atoms with van der Waals surface area (Å²) in [5, 5.41) is 0.441. The highest BCUT2D eigenvalue weighted by atomic mass is 79.9. The quantitative estimate of drug-likeness (QED) is 0.574. The molecule has 0 bridgehead atoms. The number of aromatic nitrogens is 2. The maximum Gasteiger partial charge on any atom is 0.258 e. The zero-order chi connectivity index (χ0) is 19.4. The molecule has 0 spiro atoms. The molecule has 8 heteroatoms. The Kier molecular flexibility index (Phi) is 5.98. The number of rotatable bonds is 7. The van der Waals surface area contributed by atoms with Crippen LogP contribution < -0.4 is 19.8 Å². The van der Waals surface area contributed by atoms with Gasteiger partial charge in [-0.1, -0.05) is 6.07 Å². The first kappa shape index (κ1) is 19.2. The minimum absolute atomic E-state index is 0.148. The molecule has 0 aliphatic rings. The fraction of sp³-hybridized carbons (Fsp3) is 0.263. The van der Waals surface area contributed by atoms with Crippen molar-refractivity contribution in [3.8, 4) is 17.2 Å². The van der Waals surface area contributed by atoms with Crippen molar-refractivity contribution < 1.29 is 18.9 Å². The molecule has 142 valence electrons. The Hall–Kier alpha value is -2.58. The van der Waals surface area contributed by atoms with Crippen molar-refractivity contribution >= 4 is 26.8 Å². The van der Waals surface area contributed by atoms with Crippen molar-refractivity contribution in [1.29, 1.82) is 0 Å². The van der Waals surface area contributed by atoms with E-state index in [0.717, 1.165) is 10.0 Å². The first-order valence-electron chi connectivity index (χ1n) is 8.10. The molecule has 0 aliphatic heterocycles. The Labute approximate surface area is 164 Å². The van der Waals surface area contributed by atoms with Crippen LogP contribution in [-0.4, -0.2) is 38.1 Å². The van der Waals surface area contributed by atoms with Gasteiger partial charge in [-0.15, -0.1) is 0 Å². The van der Waals surface area contributed by atoms with Crippen molar-refractivity contribution in [1.82, 2.24) is 9.97 Å². The second-order valence-electron chi connectivity index (χ2n) is 5.73. The van der Waals surface area contributed by atoms with Crippen LogP contribution in [0.5, 0.6) is 17.2 Å². The molecule has 0 saturated carbocycles. The lowest BCUT2D eigenvalue weighted by Gasteiger charge is -2.11. The molecule has 0 radical (unpaired) electrons. The normalized spacial score (nSPS) is 10.8. The molecule has 0 atom stereocenters. The summed E-state index contributed by atoms with van der Waals surface area (Å²) in [6, 6.07) is 9.01. The number of halogens is 1. The Bertz CT molecular complexity index is 1020. The van der Waals surface area contributed by atoms with Gasteiger partial charge in [-0.2, -0.15) is 0 Å². The molecule has 1 aromatic heterocycles. The van der Waals surface area contributed by atoms with Crippen LogP contribution in [0.3, 0.4) is 0 Å². The minimum Gasteiger partial charge on any atom is -0.493 e. The van der Waals surface area contributed by atoms with E-state index in [1.165, 1.54) is 7.11 Å². The highest BCUT2D eigenvalue weighted by Crippen LogP contribution is 2.30. The molecular weight excluding hydrogens is 416 g/mol. The molecule has 0 unspecified atom stereocenters. The molecule has 1 heterocycles. The summed E-state index contributed by atoms with van der Waals surface area (Å²) < 4.78 is 21.8. The van der Waals surface area contributed by atoms with Crippen LogP contribution >= 0.6 is 15.9 Å². The van der Waals surface area contributed by atoms with Gasteiger partial charge >= 0.3 is 0 Å². The third-order valence-electron chi connectivity index (χ3n) is 3.96. The van der Waals surface area contributed by atoms with Gasteiger partial charge in [-0.3, -0.25) is 4.79 Å². The number of nitrogens with zero attached hydrogens (tertiary/aromatic N) is 1. The average Bonchev–Trinajstić information content (AvgIpc) is 2.67. The number of benzene rings is 2. The van der Waals surface area contributed by atoms with E-state index in [1.807, 2.05) is 18.2 Å². The van der Waals surface area contributed by atoms with Gasteiger partial charge in [0.2, 0.25) is 0 Å². The van der Waals surface area contributed by atoms with E-state index in [1.54, 1.807) is 26.4 Å². The summed E-state index contributed by atoms with van der Waals surface area (Å²) in [6.45, 7) is 0.148. The lowest BCUT2D eigenvalue weighted by atomic mass is 10.1. The van der Waals surface area contributed by atoms with Gasteiger partial charge in [0.15, 0.2) is 18.3 Å². The zero-order valence-electron chi connectivity index (χ0n) is 15.2. The zero-order valence-corrected chi connectivity index (χ0v) is 16.8. The molecule has 0 saturated heterocycles. The van der Waals surface area contributed by atoms with Crippen LogP contribution in [-0.2, 0) is 11.2 Å². The molecule has 3 aromatic rings. The van der Waals surface area contributed by atoms with E-state index in [4.69, 9.17) is 18.9 Å². The maximum absolute atomic E-state index is 12.5. The smallest absolute Gasteiger partial charge is 0.258 e. The lowest BCUT2D eigenvalue weighted by molar-refractivity contribution is 0.0505. The number of H-pyrrole nitrogens is 1. The first-order chi connectivity index (χ1) is 13.0. The number of nitrogens with one attached hydrogen (secondary N) is 1. The number of fused-ring (bicyclic) bond motifs is 1. The lowest BCUT2D eigenvalue weighted by Crippen LogP contribution is -2.12. The summed E-state index contributed by atoms with van der Waals surface area (Å²) in [5.74, 6) is 2.20. The second kappa shape index (κ2) is 8.41. The predicted molar refractivity (Wildman–Crippen MR) is 105 cm³/mol. The van der Waals surface area contributed by atoms with E-state index in [2.05, 4.69) is 25.9 Å². The van der Waals surface area contributed by atoms with Crippen molar-refractivity contribution in [2.75, 3.05) is 28.1 Å². The topological polar surface area (TPSA) is 82.7 Å². The second-order valence-corrected chi connectivity index (χ2v) is 6.58. The Morgan fingerprint density at radius 3 is 2.48 bits per heavy atom. The van der Waals surface area contributed by atoms with Gasteiger partial charge in [-0.05, 0) is 39.7 Å². The molecule has 7 nitrogen and oxygen atoms in total. The Morgan fingerprint density at radius 1 is 1.04 bits per heavy atom. The first-order valence-corrected chi connectivity index (χ1v) is 8.90. The van der Waals surface area contributed by atoms with Crippen LogP contribution in [0.2, 0.25) is 0 Å². The van der Waals surface area contributed by atoms with E-state index in [0.29, 0.717) is 40.4 Å². The molecule has 3 rings (SSSR count).